The summed E-state index contributed by atoms with van der Waals surface area (Å²) < 4.78 is 0. The molecule has 2 aliphatic rings. The average Bonchev–Trinajstić information content (AvgIpc) is 2.86. The maximum atomic E-state index is 12.4. The molecule has 0 aliphatic carbocycles. The molecular formula is C18H22N4O4. The number of hydrogen-bond acceptors (Lipinski definition) is 5. The number of hydrogen-bond donors (Lipinski definition) is 3. The van der Waals surface area contributed by atoms with Gasteiger partial charge in [-0.3, -0.25) is 14.6 Å². The summed E-state index contributed by atoms with van der Waals surface area (Å²) in [4.78, 5) is 41.5. The molecule has 3 heterocycles. The van der Waals surface area contributed by atoms with E-state index in [-0.39, 0.29) is 17.9 Å². The maximum absolute atomic E-state index is 12.4. The van der Waals surface area contributed by atoms with Crippen molar-refractivity contribution in [3.05, 3.63) is 35.2 Å². The van der Waals surface area contributed by atoms with Gasteiger partial charge >= 0.3 is 5.97 Å². The van der Waals surface area contributed by atoms with Crippen molar-refractivity contribution < 1.29 is 19.5 Å². The Morgan fingerprint density at radius 1 is 1.46 bits per heavy atom. The maximum Gasteiger partial charge on any atom is 0.327 e. The lowest BCUT2D eigenvalue weighted by Crippen LogP contribution is -2.57. The molecular weight excluding hydrogens is 336 g/mol. The van der Waals surface area contributed by atoms with Gasteiger partial charge in [-0.2, -0.15) is 0 Å². The third-order valence-corrected chi connectivity index (χ3v) is 4.93. The van der Waals surface area contributed by atoms with Crippen LogP contribution >= 0.6 is 0 Å². The minimum atomic E-state index is -0.976. The SMILES string of the molecule is CC1(C)CC2/C(=C\c3ccc(C(=O)NCCN)cn3)C(=O)N2[C@H]1C(=O)O. The minimum Gasteiger partial charge on any atom is -0.480 e. The van der Waals surface area contributed by atoms with E-state index in [1.54, 1.807) is 18.2 Å². The highest BCUT2D eigenvalue weighted by Gasteiger charge is 2.60. The van der Waals surface area contributed by atoms with Gasteiger partial charge in [0.2, 0.25) is 0 Å². The van der Waals surface area contributed by atoms with Crippen molar-refractivity contribution in [3.8, 4) is 0 Å². The Bertz CT molecular complexity index is 785. The number of β-lactam (4-membered cyclic amide) rings is 1. The first kappa shape index (κ1) is 18.1. The average molecular weight is 358 g/mol. The van der Waals surface area contributed by atoms with E-state index in [9.17, 15) is 19.5 Å². The number of amides is 2. The molecule has 0 bridgehead atoms. The number of carbonyl (C=O) groups excluding carboxylic acids is 2. The highest BCUT2D eigenvalue weighted by Crippen LogP contribution is 2.49. The number of carboxylic acid groups (broad SMARTS) is 1. The lowest BCUT2D eigenvalue weighted by Gasteiger charge is -2.40. The molecule has 1 aromatic rings. The van der Waals surface area contributed by atoms with Gasteiger partial charge in [-0.1, -0.05) is 13.8 Å². The van der Waals surface area contributed by atoms with E-state index in [0.29, 0.717) is 36.3 Å². The predicted octanol–water partition coefficient (Wildman–Crippen LogP) is 0.247. The van der Waals surface area contributed by atoms with Crippen LogP contribution in [-0.4, -0.2) is 57.9 Å². The second-order valence-electron chi connectivity index (χ2n) is 7.28. The molecule has 2 fully saturated rings. The summed E-state index contributed by atoms with van der Waals surface area (Å²) in [7, 11) is 0. The molecule has 8 nitrogen and oxygen atoms in total. The van der Waals surface area contributed by atoms with E-state index in [1.165, 1.54) is 11.1 Å². The minimum absolute atomic E-state index is 0.201. The molecule has 2 atom stereocenters. The largest absolute Gasteiger partial charge is 0.480 e. The summed E-state index contributed by atoms with van der Waals surface area (Å²) in [6.45, 7) is 4.47. The molecule has 0 aromatic carbocycles. The van der Waals surface area contributed by atoms with Gasteiger partial charge in [-0.05, 0) is 30.0 Å². The molecule has 0 saturated carbocycles. The van der Waals surface area contributed by atoms with Crippen molar-refractivity contribution in [3.63, 3.8) is 0 Å². The van der Waals surface area contributed by atoms with Crippen LogP contribution in [0.2, 0.25) is 0 Å². The van der Waals surface area contributed by atoms with Crippen LogP contribution in [0.25, 0.3) is 6.08 Å². The molecule has 0 radical (unpaired) electrons. The number of aliphatic carboxylic acids is 1. The highest BCUT2D eigenvalue weighted by atomic mass is 16.4. The summed E-state index contributed by atoms with van der Waals surface area (Å²) in [5, 5.41) is 12.1. The van der Waals surface area contributed by atoms with E-state index in [1.807, 2.05) is 13.8 Å². The fourth-order valence-corrected chi connectivity index (χ4v) is 3.69. The Morgan fingerprint density at radius 3 is 2.77 bits per heavy atom. The molecule has 3 rings (SSSR count). The second kappa shape index (κ2) is 6.53. The summed E-state index contributed by atoms with van der Waals surface area (Å²) in [6.07, 6.45) is 3.71. The Labute approximate surface area is 151 Å². The highest BCUT2D eigenvalue weighted by molar-refractivity contribution is 6.08. The van der Waals surface area contributed by atoms with Crippen molar-refractivity contribution in [2.45, 2.75) is 32.4 Å². The molecule has 2 saturated heterocycles. The molecule has 26 heavy (non-hydrogen) atoms. The molecule has 1 unspecified atom stereocenters. The number of nitrogens with two attached hydrogens (primary N) is 1. The lowest BCUT2D eigenvalue weighted by molar-refractivity contribution is -0.154. The molecule has 2 aliphatic heterocycles. The quantitative estimate of drug-likeness (QED) is 0.512. The van der Waals surface area contributed by atoms with Gasteiger partial charge in [-0.15, -0.1) is 0 Å². The molecule has 8 heteroatoms. The van der Waals surface area contributed by atoms with Crippen molar-refractivity contribution in [1.82, 2.24) is 15.2 Å². The van der Waals surface area contributed by atoms with Crippen molar-refractivity contribution in [2.24, 2.45) is 11.1 Å². The Kier molecular flexibility index (Phi) is 4.53. The smallest absolute Gasteiger partial charge is 0.327 e. The van der Waals surface area contributed by atoms with Crippen molar-refractivity contribution in [2.75, 3.05) is 13.1 Å². The number of pyridine rings is 1. The standard InChI is InChI=1S/C18H22N4O4/c1-18(2)8-13-12(16(24)22(13)14(18)17(25)26)7-11-4-3-10(9-21-11)15(23)20-6-5-19/h3-4,7,9,13-14H,5-6,8,19H2,1-2H3,(H,20,23)(H,25,26)/b12-7+/t13?,14-/m0/s1. The number of aromatic nitrogens is 1. The predicted molar refractivity (Wildman–Crippen MR) is 94.1 cm³/mol. The van der Waals surface area contributed by atoms with Crippen LogP contribution < -0.4 is 11.1 Å². The zero-order valence-electron chi connectivity index (χ0n) is 14.7. The first-order valence-electron chi connectivity index (χ1n) is 8.47. The lowest BCUT2D eigenvalue weighted by atomic mass is 9.83. The monoisotopic (exact) mass is 358 g/mol. The van der Waals surface area contributed by atoms with Crippen LogP contribution in [0.1, 0.15) is 36.3 Å². The van der Waals surface area contributed by atoms with Crippen LogP contribution in [0.5, 0.6) is 0 Å². The van der Waals surface area contributed by atoms with Gasteiger partial charge in [0.15, 0.2) is 0 Å². The Hall–Kier alpha value is -2.74. The molecule has 1 aromatic heterocycles. The fourth-order valence-electron chi connectivity index (χ4n) is 3.69. The summed E-state index contributed by atoms with van der Waals surface area (Å²) in [5.74, 6) is -1.50. The number of fused-ring (bicyclic) bond motifs is 1. The summed E-state index contributed by atoms with van der Waals surface area (Å²) in [6, 6.07) is 2.28. The number of carbonyl (C=O) groups is 3. The van der Waals surface area contributed by atoms with Crippen LogP contribution in [0.15, 0.2) is 23.9 Å². The van der Waals surface area contributed by atoms with Gasteiger partial charge in [0.05, 0.1) is 17.3 Å². The zero-order chi connectivity index (χ0) is 19.1. The van der Waals surface area contributed by atoms with Gasteiger partial charge in [0.1, 0.15) is 6.04 Å². The number of nitrogens with zero attached hydrogens (tertiary/aromatic N) is 2. The van der Waals surface area contributed by atoms with Crippen molar-refractivity contribution in [1.29, 1.82) is 0 Å². The summed E-state index contributed by atoms with van der Waals surface area (Å²) in [5.41, 5.74) is 6.39. The molecule has 4 N–H and O–H groups in total. The van der Waals surface area contributed by atoms with Crippen LogP contribution in [-0.2, 0) is 9.59 Å². The van der Waals surface area contributed by atoms with Crippen LogP contribution in [0.4, 0.5) is 0 Å². The number of nitrogens with one attached hydrogen (secondary N) is 1. The van der Waals surface area contributed by atoms with Gasteiger partial charge in [0, 0.05) is 24.9 Å². The topological polar surface area (TPSA) is 126 Å². The van der Waals surface area contributed by atoms with Gasteiger partial charge < -0.3 is 21.1 Å². The van der Waals surface area contributed by atoms with Crippen molar-refractivity contribution >= 4 is 23.9 Å². The van der Waals surface area contributed by atoms with E-state index >= 15 is 0 Å². The fraction of sp³-hybridized carbons (Fsp3) is 0.444. The van der Waals surface area contributed by atoms with Crippen LogP contribution in [0.3, 0.4) is 0 Å². The number of carboxylic acids is 1. The zero-order valence-corrected chi connectivity index (χ0v) is 14.7. The first-order chi connectivity index (χ1) is 12.3. The van der Waals surface area contributed by atoms with E-state index < -0.39 is 17.4 Å². The van der Waals surface area contributed by atoms with E-state index in [2.05, 4.69) is 10.3 Å². The third-order valence-electron chi connectivity index (χ3n) is 4.93. The third kappa shape index (κ3) is 2.96. The van der Waals surface area contributed by atoms with E-state index in [0.717, 1.165) is 0 Å². The Morgan fingerprint density at radius 2 is 2.19 bits per heavy atom. The molecule has 138 valence electrons. The normalized spacial score (nSPS) is 25.0. The summed E-state index contributed by atoms with van der Waals surface area (Å²) >= 11 is 0. The molecule has 2 amide bonds. The molecule has 0 spiro atoms. The van der Waals surface area contributed by atoms with E-state index in [4.69, 9.17) is 5.73 Å². The second-order valence-corrected chi connectivity index (χ2v) is 7.28. The van der Waals surface area contributed by atoms with Crippen LogP contribution in [0, 0.1) is 5.41 Å². The van der Waals surface area contributed by atoms with Gasteiger partial charge in [0.25, 0.3) is 11.8 Å². The number of rotatable bonds is 5. The van der Waals surface area contributed by atoms with Gasteiger partial charge in [-0.25, -0.2) is 4.79 Å². The first-order valence-corrected chi connectivity index (χ1v) is 8.47. The Balaban J connectivity index is 1.77.